The van der Waals surface area contributed by atoms with Gasteiger partial charge in [0.2, 0.25) is 0 Å². The van der Waals surface area contributed by atoms with Crippen molar-refractivity contribution in [1.82, 2.24) is 0 Å². The van der Waals surface area contributed by atoms with Crippen LogP contribution >= 0.6 is 0 Å². The molecule has 44 valence electrons. The topological polar surface area (TPSA) is 26.3 Å². The van der Waals surface area contributed by atoms with E-state index in [4.69, 9.17) is 3.82 Å². The van der Waals surface area contributed by atoms with Gasteiger partial charge in [0.25, 0.3) is 0 Å². The normalized spacial score (nSPS) is 14.0. The Kier molecular flexibility index (Phi) is 4.62. The Morgan fingerprint density at radius 1 is 1.57 bits per heavy atom. The first kappa shape index (κ1) is 7.28. The summed E-state index contributed by atoms with van der Waals surface area (Å²) in [5.74, 6) is 0. The van der Waals surface area contributed by atoms with Crippen LogP contribution in [-0.4, -0.2) is 20.8 Å². The maximum absolute atomic E-state index is 10.4. The van der Waals surface area contributed by atoms with E-state index in [1.807, 2.05) is 13.8 Å². The Hall–Kier alpha value is 0.279. The van der Waals surface area contributed by atoms with Crippen LogP contribution in [0.4, 0.5) is 0 Å². The predicted molar refractivity (Wildman–Crippen MR) is 28.5 cm³/mol. The molecule has 0 saturated heterocycles. The minimum absolute atomic E-state index is 0.585. The third-order valence-electron chi connectivity index (χ3n) is 0.485. The molecule has 2 nitrogen and oxygen atoms in total. The Morgan fingerprint density at radius 3 is 2.29 bits per heavy atom. The molecule has 1 unspecified atom stereocenters. The van der Waals surface area contributed by atoms with E-state index in [1.54, 1.807) is 0 Å². The second kappa shape index (κ2) is 4.44. The summed E-state index contributed by atoms with van der Waals surface area (Å²) < 4.78 is 15.2. The van der Waals surface area contributed by atoms with Crippen molar-refractivity contribution in [2.24, 2.45) is 0 Å². The number of rotatable bonds is 3. The Balaban J connectivity index is 3.00. The summed E-state index contributed by atoms with van der Waals surface area (Å²) in [5, 5.41) is 0.688. The van der Waals surface area contributed by atoms with Crippen LogP contribution in [0.5, 0.6) is 0 Å². The van der Waals surface area contributed by atoms with Crippen LogP contribution in [0, 0.1) is 0 Å². The molecular weight excluding hydrogens is 159 g/mol. The average molecular weight is 169 g/mol. The molecule has 0 bridgehead atoms. The van der Waals surface area contributed by atoms with E-state index in [1.165, 1.54) is 0 Å². The molecule has 0 fully saturated rings. The van der Waals surface area contributed by atoms with E-state index in [0.29, 0.717) is 11.9 Å². The molecule has 0 heterocycles. The van der Waals surface area contributed by atoms with Crippen molar-refractivity contribution in [2.45, 2.75) is 19.2 Å². The molecule has 0 aliphatic carbocycles. The fourth-order valence-electron chi connectivity index (χ4n) is 0.215. The zero-order valence-electron chi connectivity index (χ0n) is 4.64. The molecule has 0 aromatic rings. The first-order valence-electron chi connectivity index (χ1n) is 2.32. The molecule has 0 spiro atoms. The number of hydrogen-bond donors (Lipinski definition) is 0. The van der Waals surface area contributed by atoms with E-state index >= 15 is 0 Å². The van der Waals surface area contributed by atoms with Gasteiger partial charge < -0.3 is 0 Å². The fraction of sp³-hybridized carbons (Fsp3) is 1.00. The summed E-state index contributed by atoms with van der Waals surface area (Å²) in [5.41, 5.74) is 0. The summed E-state index contributed by atoms with van der Waals surface area (Å²) in [4.78, 5) is 0. The Morgan fingerprint density at radius 2 is 2.14 bits per heavy atom. The molecule has 0 radical (unpaired) electrons. The van der Waals surface area contributed by atoms with Gasteiger partial charge in [-0.15, -0.1) is 0 Å². The molecule has 7 heavy (non-hydrogen) atoms. The van der Waals surface area contributed by atoms with Crippen LogP contribution in [0.15, 0.2) is 0 Å². The standard InChI is InChI=1S/C4H10O2Se/c1-3-6-7(5)4-2/h3-4H2,1-2H3. The van der Waals surface area contributed by atoms with E-state index < -0.39 is 14.2 Å². The van der Waals surface area contributed by atoms with Crippen LogP contribution < -0.4 is 0 Å². The molecule has 0 aliphatic rings. The second-order valence-corrected chi connectivity index (χ2v) is 3.98. The summed E-state index contributed by atoms with van der Waals surface area (Å²) in [6.07, 6.45) is 0. The van der Waals surface area contributed by atoms with Crippen LogP contribution in [0.3, 0.4) is 0 Å². The van der Waals surface area contributed by atoms with Crippen LogP contribution in [-0.2, 0) is 7.65 Å². The van der Waals surface area contributed by atoms with Crippen molar-refractivity contribution in [2.75, 3.05) is 6.61 Å². The third-order valence-corrected chi connectivity index (χ3v) is 2.52. The van der Waals surface area contributed by atoms with Gasteiger partial charge in [-0.05, 0) is 0 Å². The molecule has 3 heteroatoms. The monoisotopic (exact) mass is 170 g/mol. The Labute approximate surface area is 48.3 Å². The van der Waals surface area contributed by atoms with Gasteiger partial charge in [0.15, 0.2) is 0 Å². The van der Waals surface area contributed by atoms with Crippen LogP contribution in [0.1, 0.15) is 13.8 Å². The molecule has 0 rings (SSSR count). The van der Waals surface area contributed by atoms with Crippen LogP contribution in [0.25, 0.3) is 0 Å². The molecule has 0 aromatic heterocycles. The molecule has 1 atom stereocenters. The van der Waals surface area contributed by atoms with Crippen LogP contribution in [0.2, 0.25) is 5.32 Å². The number of hydrogen-bond acceptors (Lipinski definition) is 2. The van der Waals surface area contributed by atoms with Gasteiger partial charge in [0, 0.05) is 0 Å². The predicted octanol–water partition coefficient (Wildman–Crippen LogP) is 0.962. The second-order valence-electron chi connectivity index (χ2n) is 0.999. The maximum atomic E-state index is 10.4. The molecule has 0 saturated carbocycles. The summed E-state index contributed by atoms with van der Waals surface area (Å²) >= 11 is -1.82. The van der Waals surface area contributed by atoms with Crippen molar-refractivity contribution < 1.29 is 7.65 Å². The van der Waals surface area contributed by atoms with E-state index in [9.17, 15) is 3.83 Å². The first-order valence-corrected chi connectivity index (χ1v) is 4.93. The summed E-state index contributed by atoms with van der Waals surface area (Å²) in [6.45, 7) is 4.30. The molecule has 0 aliphatic heterocycles. The summed E-state index contributed by atoms with van der Waals surface area (Å²) in [7, 11) is 0. The molecule has 0 amide bonds. The zero-order valence-corrected chi connectivity index (χ0v) is 6.35. The van der Waals surface area contributed by atoms with Gasteiger partial charge in [0.1, 0.15) is 0 Å². The fourth-order valence-corrected chi connectivity index (χ4v) is 1.12. The first-order chi connectivity index (χ1) is 3.31. The van der Waals surface area contributed by atoms with E-state index in [-0.39, 0.29) is 0 Å². The van der Waals surface area contributed by atoms with E-state index in [0.717, 1.165) is 0 Å². The van der Waals surface area contributed by atoms with Gasteiger partial charge in [-0.3, -0.25) is 0 Å². The van der Waals surface area contributed by atoms with Crippen molar-refractivity contribution in [1.29, 1.82) is 0 Å². The van der Waals surface area contributed by atoms with Gasteiger partial charge >= 0.3 is 47.6 Å². The van der Waals surface area contributed by atoms with E-state index in [2.05, 4.69) is 0 Å². The minimum atomic E-state index is -1.82. The third kappa shape index (κ3) is 4.13. The van der Waals surface area contributed by atoms with Crippen molar-refractivity contribution in [3.63, 3.8) is 0 Å². The zero-order chi connectivity index (χ0) is 5.70. The molecular formula is C4H10O2Se. The molecule has 0 aromatic carbocycles. The van der Waals surface area contributed by atoms with Crippen molar-refractivity contribution >= 4 is 14.2 Å². The van der Waals surface area contributed by atoms with Gasteiger partial charge in [-0.1, -0.05) is 0 Å². The Bertz CT molecular complexity index is 62.7. The van der Waals surface area contributed by atoms with Gasteiger partial charge in [-0.25, -0.2) is 0 Å². The van der Waals surface area contributed by atoms with Crippen molar-refractivity contribution in [3.05, 3.63) is 0 Å². The average Bonchev–Trinajstić information content (AvgIpc) is 1.68. The van der Waals surface area contributed by atoms with Gasteiger partial charge in [-0.2, -0.15) is 0 Å². The SMILES string of the molecule is CCO[Se](=O)CC. The van der Waals surface area contributed by atoms with Gasteiger partial charge in [0.05, 0.1) is 0 Å². The molecule has 0 N–H and O–H groups in total. The summed E-state index contributed by atoms with van der Waals surface area (Å²) in [6, 6.07) is 0. The quantitative estimate of drug-likeness (QED) is 0.588. The van der Waals surface area contributed by atoms with Crippen molar-refractivity contribution in [3.8, 4) is 0 Å².